The molecule has 4 heteroatoms. The summed E-state index contributed by atoms with van der Waals surface area (Å²) in [6, 6.07) is 11.9. The lowest BCUT2D eigenvalue weighted by Crippen LogP contribution is -2.02. The maximum Gasteiger partial charge on any atom is 0.231 e. The Morgan fingerprint density at radius 1 is 1.25 bits per heavy atom. The summed E-state index contributed by atoms with van der Waals surface area (Å²) in [6.45, 7) is 2.28. The highest BCUT2D eigenvalue weighted by Gasteiger charge is 2.20. The van der Waals surface area contributed by atoms with E-state index in [1.807, 2.05) is 37.3 Å². The van der Waals surface area contributed by atoms with Crippen molar-refractivity contribution in [2.45, 2.75) is 19.4 Å². The smallest absolute Gasteiger partial charge is 0.231 e. The number of aliphatic hydroxyl groups excluding tert-OH is 1. The van der Waals surface area contributed by atoms with Gasteiger partial charge in [0.15, 0.2) is 11.5 Å². The largest absolute Gasteiger partial charge is 0.454 e. The molecule has 0 radical (unpaired) electrons. The zero-order valence-corrected chi connectivity index (χ0v) is 12.7. The Labute approximate surface area is 126 Å². The molecule has 104 valence electrons. The second kappa shape index (κ2) is 5.46. The van der Waals surface area contributed by atoms with E-state index in [4.69, 9.17) is 9.47 Å². The maximum atomic E-state index is 10.4. The van der Waals surface area contributed by atoms with E-state index >= 15 is 0 Å². The third-order valence-electron chi connectivity index (χ3n) is 3.35. The second-order valence-corrected chi connectivity index (χ2v) is 5.80. The van der Waals surface area contributed by atoms with Gasteiger partial charge in [0.05, 0.1) is 10.6 Å². The topological polar surface area (TPSA) is 38.7 Å². The van der Waals surface area contributed by atoms with E-state index in [-0.39, 0.29) is 6.79 Å². The molecule has 0 aromatic heterocycles. The van der Waals surface area contributed by atoms with Crippen LogP contribution in [0.4, 0.5) is 0 Å². The van der Waals surface area contributed by atoms with Crippen LogP contribution < -0.4 is 9.47 Å². The summed E-state index contributed by atoms with van der Waals surface area (Å²) in [6.07, 6.45) is 0.0101. The third kappa shape index (κ3) is 2.67. The fraction of sp³-hybridized carbons (Fsp3) is 0.250. The van der Waals surface area contributed by atoms with Gasteiger partial charge in [-0.25, -0.2) is 0 Å². The number of rotatable bonds is 3. The Kier molecular flexibility index (Phi) is 3.68. The van der Waals surface area contributed by atoms with Crippen molar-refractivity contribution in [1.82, 2.24) is 0 Å². The van der Waals surface area contributed by atoms with Gasteiger partial charge in [-0.2, -0.15) is 0 Å². The van der Waals surface area contributed by atoms with Crippen molar-refractivity contribution in [2.24, 2.45) is 0 Å². The van der Waals surface area contributed by atoms with E-state index < -0.39 is 6.10 Å². The van der Waals surface area contributed by atoms with Crippen LogP contribution in [0, 0.1) is 6.92 Å². The van der Waals surface area contributed by atoms with Crippen LogP contribution in [0.15, 0.2) is 40.9 Å². The average Bonchev–Trinajstić information content (AvgIpc) is 2.87. The summed E-state index contributed by atoms with van der Waals surface area (Å²) >= 11 is 3.45. The molecule has 0 spiro atoms. The summed E-state index contributed by atoms with van der Waals surface area (Å²) in [4.78, 5) is 0. The molecular weight excluding hydrogens is 320 g/mol. The van der Waals surface area contributed by atoms with Crippen molar-refractivity contribution < 1.29 is 14.6 Å². The predicted octanol–water partition coefficient (Wildman–Crippen LogP) is 3.76. The molecule has 3 nitrogen and oxygen atoms in total. The summed E-state index contributed by atoms with van der Waals surface area (Å²) in [5, 5.41) is 10.4. The van der Waals surface area contributed by atoms with Crippen molar-refractivity contribution >= 4 is 15.9 Å². The van der Waals surface area contributed by atoms with Gasteiger partial charge in [-0.1, -0.05) is 29.8 Å². The fourth-order valence-corrected chi connectivity index (χ4v) is 2.93. The van der Waals surface area contributed by atoms with Crippen molar-refractivity contribution in [3.63, 3.8) is 0 Å². The molecule has 0 saturated heterocycles. The second-order valence-electron chi connectivity index (χ2n) is 4.95. The average molecular weight is 335 g/mol. The van der Waals surface area contributed by atoms with Gasteiger partial charge in [-0.3, -0.25) is 0 Å². The van der Waals surface area contributed by atoms with Crippen LogP contribution >= 0.6 is 15.9 Å². The van der Waals surface area contributed by atoms with Gasteiger partial charge in [0.2, 0.25) is 6.79 Å². The highest BCUT2D eigenvalue weighted by molar-refractivity contribution is 9.10. The number of halogens is 1. The number of fused-ring (bicyclic) bond motifs is 1. The summed E-state index contributed by atoms with van der Waals surface area (Å²) in [5.74, 6) is 1.38. The van der Waals surface area contributed by atoms with Crippen LogP contribution in [-0.2, 0) is 6.42 Å². The molecule has 3 rings (SSSR count). The fourth-order valence-electron chi connectivity index (χ4n) is 2.36. The van der Waals surface area contributed by atoms with Crippen molar-refractivity contribution in [2.75, 3.05) is 6.79 Å². The standard InChI is InChI=1S/C16H15BrO3/c1-10-3-2-4-11(5-10)6-14(18)12-7-13(17)16-15(8-12)19-9-20-16/h2-5,7-8,14,18H,6,9H2,1H3. The third-order valence-corrected chi connectivity index (χ3v) is 3.93. The van der Waals surface area contributed by atoms with Gasteiger partial charge in [0.25, 0.3) is 0 Å². The first-order valence-corrected chi connectivity index (χ1v) is 7.25. The Hall–Kier alpha value is -1.52. The molecule has 0 bridgehead atoms. The van der Waals surface area contributed by atoms with Crippen LogP contribution in [0.2, 0.25) is 0 Å². The molecule has 1 unspecified atom stereocenters. The molecule has 0 amide bonds. The lowest BCUT2D eigenvalue weighted by Gasteiger charge is -2.13. The first-order valence-electron chi connectivity index (χ1n) is 6.46. The summed E-state index contributed by atoms with van der Waals surface area (Å²) < 4.78 is 11.5. The summed E-state index contributed by atoms with van der Waals surface area (Å²) in [5.41, 5.74) is 3.13. The maximum absolute atomic E-state index is 10.4. The highest BCUT2D eigenvalue weighted by Crippen LogP contribution is 2.41. The highest BCUT2D eigenvalue weighted by atomic mass is 79.9. The van der Waals surface area contributed by atoms with Gasteiger partial charge in [-0.05, 0) is 46.1 Å². The first kappa shape index (κ1) is 13.5. The van der Waals surface area contributed by atoms with Crippen LogP contribution in [0.3, 0.4) is 0 Å². The lowest BCUT2D eigenvalue weighted by molar-refractivity contribution is 0.171. The Balaban J connectivity index is 1.84. The normalized spacial score (nSPS) is 14.3. The number of ether oxygens (including phenoxy) is 2. The van der Waals surface area contributed by atoms with Gasteiger partial charge in [0.1, 0.15) is 0 Å². The number of hydrogen-bond acceptors (Lipinski definition) is 3. The zero-order chi connectivity index (χ0) is 14.1. The first-order chi connectivity index (χ1) is 9.63. The minimum Gasteiger partial charge on any atom is -0.454 e. The predicted molar refractivity (Wildman–Crippen MR) is 80.1 cm³/mol. The molecule has 0 aliphatic carbocycles. The van der Waals surface area contributed by atoms with E-state index in [0.29, 0.717) is 17.9 Å². The number of aliphatic hydroxyl groups is 1. The van der Waals surface area contributed by atoms with Crippen molar-refractivity contribution in [3.8, 4) is 11.5 Å². The van der Waals surface area contributed by atoms with E-state index in [1.54, 1.807) is 0 Å². The zero-order valence-electron chi connectivity index (χ0n) is 11.1. The molecule has 1 atom stereocenters. The Morgan fingerprint density at radius 3 is 2.90 bits per heavy atom. The van der Waals surface area contributed by atoms with E-state index in [0.717, 1.165) is 15.6 Å². The van der Waals surface area contributed by atoms with Crippen molar-refractivity contribution in [3.05, 3.63) is 57.6 Å². The Morgan fingerprint density at radius 2 is 2.10 bits per heavy atom. The molecular formula is C16H15BrO3. The van der Waals surface area contributed by atoms with Crippen LogP contribution in [0.5, 0.6) is 11.5 Å². The van der Waals surface area contributed by atoms with Gasteiger partial charge in [-0.15, -0.1) is 0 Å². The summed E-state index contributed by atoms with van der Waals surface area (Å²) in [7, 11) is 0. The SMILES string of the molecule is Cc1cccc(CC(O)c2cc(Br)c3c(c2)OCO3)c1. The van der Waals surface area contributed by atoms with Crippen molar-refractivity contribution in [1.29, 1.82) is 0 Å². The van der Waals surface area contributed by atoms with Crippen LogP contribution in [0.25, 0.3) is 0 Å². The minimum absolute atomic E-state index is 0.228. The minimum atomic E-state index is -0.567. The number of aryl methyl sites for hydroxylation is 1. The number of hydrogen-bond donors (Lipinski definition) is 1. The molecule has 1 N–H and O–H groups in total. The van der Waals surface area contributed by atoms with E-state index in [1.165, 1.54) is 5.56 Å². The lowest BCUT2D eigenvalue weighted by atomic mass is 10.00. The van der Waals surface area contributed by atoms with Crippen LogP contribution in [0.1, 0.15) is 22.8 Å². The van der Waals surface area contributed by atoms with Gasteiger partial charge < -0.3 is 14.6 Å². The molecule has 20 heavy (non-hydrogen) atoms. The Bertz CT molecular complexity index is 640. The molecule has 0 fully saturated rings. The quantitative estimate of drug-likeness (QED) is 0.928. The monoisotopic (exact) mass is 334 g/mol. The van der Waals surface area contributed by atoms with E-state index in [9.17, 15) is 5.11 Å². The molecule has 1 heterocycles. The molecule has 0 saturated carbocycles. The molecule has 1 aliphatic heterocycles. The van der Waals surface area contributed by atoms with Gasteiger partial charge in [0, 0.05) is 6.42 Å². The van der Waals surface area contributed by atoms with E-state index in [2.05, 4.69) is 22.0 Å². The molecule has 1 aliphatic rings. The molecule has 2 aromatic rings. The van der Waals surface area contributed by atoms with Gasteiger partial charge >= 0.3 is 0 Å². The number of benzene rings is 2. The van der Waals surface area contributed by atoms with Crippen LogP contribution in [-0.4, -0.2) is 11.9 Å². The molecule has 2 aromatic carbocycles.